The molecule has 5 heteroatoms. The SMILES string of the molecule is CCOC(=O)NC1C2CC3OC(=O)C1C3C2. The molecule has 88 valence electrons. The molecule has 5 unspecified atom stereocenters. The van der Waals surface area contributed by atoms with Gasteiger partial charge in [-0.25, -0.2) is 4.79 Å². The van der Waals surface area contributed by atoms with Gasteiger partial charge in [0.15, 0.2) is 0 Å². The second kappa shape index (κ2) is 3.37. The minimum Gasteiger partial charge on any atom is -0.462 e. The Hall–Kier alpha value is -1.26. The van der Waals surface area contributed by atoms with Crippen LogP contribution in [0.25, 0.3) is 0 Å². The summed E-state index contributed by atoms with van der Waals surface area (Å²) in [5.41, 5.74) is 0. The van der Waals surface area contributed by atoms with Crippen LogP contribution in [0.1, 0.15) is 19.8 Å². The van der Waals surface area contributed by atoms with Crippen molar-refractivity contribution < 1.29 is 19.1 Å². The third-order valence-corrected chi connectivity index (χ3v) is 4.04. The number of hydrogen-bond donors (Lipinski definition) is 1. The maximum atomic E-state index is 11.6. The van der Waals surface area contributed by atoms with Crippen molar-refractivity contribution in [3.05, 3.63) is 0 Å². The summed E-state index contributed by atoms with van der Waals surface area (Å²) in [5, 5.41) is 2.81. The van der Waals surface area contributed by atoms with Gasteiger partial charge in [-0.15, -0.1) is 0 Å². The van der Waals surface area contributed by atoms with Crippen molar-refractivity contribution >= 4 is 12.1 Å². The predicted molar refractivity (Wildman–Crippen MR) is 53.5 cm³/mol. The Bertz CT molecular complexity index is 341. The molecule has 0 aromatic heterocycles. The summed E-state index contributed by atoms with van der Waals surface area (Å²) in [4.78, 5) is 23.0. The molecule has 1 N–H and O–H groups in total. The summed E-state index contributed by atoms with van der Waals surface area (Å²) < 4.78 is 10.1. The Labute approximate surface area is 93.5 Å². The lowest BCUT2D eigenvalue weighted by atomic mass is 9.85. The molecule has 1 heterocycles. The fourth-order valence-corrected chi connectivity index (χ4v) is 3.50. The van der Waals surface area contributed by atoms with E-state index < -0.39 is 6.09 Å². The molecule has 1 amide bonds. The first-order valence-corrected chi connectivity index (χ1v) is 5.84. The van der Waals surface area contributed by atoms with E-state index in [4.69, 9.17) is 9.47 Å². The smallest absolute Gasteiger partial charge is 0.407 e. The molecule has 1 aliphatic heterocycles. The number of carbonyl (C=O) groups is 2. The Morgan fingerprint density at radius 1 is 1.56 bits per heavy atom. The Morgan fingerprint density at radius 2 is 2.38 bits per heavy atom. The van der Waals surface area contributed by atoms with Gasteiger partial charge in [-0.3, -0.25) is 4.79 Å². The minimum absolute atomic E-state index is 0.0738. The highest BCUT2D eigenvalue weighted by Crippen LogP contribution is 2.54. The van der Waals surface area contributed by atoms with E-state index in [1.807, 2.05) is 0 Å². The van der Waals surface area contributed by atoms with Gasteiger partial charge in [-0.05, 0) is 25.7 Å². The first-order chi connectivity index (χ1) is 7.70. The molecule has 3 fully saturated rings. The number of carbonyl (C=O) groups excluding carboxylic acids is 2. The van der Waals surface area contributed by atoms with Crippen LogP contribution >= 0.6 is 0 Å². The van der Waals surface area contributed by atoms with Crippen LogP contribution < -0.4 is 5.32 Å². The van der Waals surface area contributed by atoms with E-state index in [-0.39, 0.29) is 24.0 Å². The molecule has 3 rings (SSSR count). The van der Waals surface area contributed by atoms with Crippen LogP contribution in [0.3, 0.4) is 0 Å². The summed E-state index contributed by atoms with van der Waals surface area (Å²) in [6.07, 6.45) is 1.58. The van der Waals surface area contributed by atoms with Crippen molar-refractivity contribution in [2.45, 2.75) is 31.9 Å². The number of alkyl carbamates (subject to hydrolysis) is 1. The zero-order valence-electron chi connectivity index (χ0n) is 9.14. The standard InChI is InChI=1S/C11H15NO4/c1-2-15-11(14)12-9-5-3-6-7(4-5)16-10(13)8(6)9/h5-9H,2-4H2,1H3,(H,12,14). The number of esters is 1. The maximum Gasteiger partial charge on any atom is 0.407 e. The van der Waals surface area contributed by atoms with Gasteiger partial charge in [0.05, 0.1) is 12.5 Å². The van der Waals surface area contributed by atoms with Crippen LogP contribution in [0.2, 0.25) is 0 Å². The molecule has 0 radical (unpaired) electrons. The zero-order valence-corrected chi connectivity index (χ0v) is 9.14. The van der Waals surface area contributed by atoms with Crippen molar-refractivity contribution in [2.75, 3.05) is 6.61 Å². The van der Waals surface area contributed by atoms with E-state index in [0.29, 0.717) is 18.4 Å². The Balaban J connectivity index is 1.72. The van der Waals surface area contributed by atoms with Gasteiger partial charge in [0, 0.05) is 12.0 Å². The van der Waals surface area contributed by atoms with E-state index in [9.17, 15) is 9.59 Å². The third kappa shape index (κ3) is 1.23. The molecule has 0 aromatic carbocycles. The molecular weight excluding hydrogens is 210 g/mol. The topological polar surface area (TPSA) is 64.6 Å². The van der Waals surface area contributed by atoms with Crippen molar-refractivity contribution in [1.29, 1.82) is 0 Å². The Morgan fingerprint density at radius 3 is 3.12 bits per heavy atom. The molecule has 5 nitrogen and oxygen atoms in total. The number of nitrogens with one attached hydrogen (secondary N) is 1. The second-order valence-electron chi connectivity index (χ2n) is 4.79. The normalized spacial score (nSPS) is 43.3. The molecule has 2 aliphatic carbocycles. The molecule has 2 saturated carbocycles. The van der Waals surface area contributed by atoms with Gasteiger partial charge >= 0.3 is 12.1 Å². The van der Waals surface area contributed by atoms with Crippen LogP contribution in [0.15, 0.2) is 0 Å². The first-order valence-electron chi connectivity index (χ1n) is 5.84. The van der Waals surface area contributed by atoms with Crippen LogP contribution in [-0.2, 0) is 14.3 Å². The lowest BCUT2D eigenvalue weighted by Crippen LogP contribution is -2.45. The van der Waals surface area contributed by atoms with Gasteiger partial charge in [-0.2, -0.15) is 0 Å². The van der Waals surface area contributed by atoms with Gasteiger partial charge in [0.2, 0.25) is 0 Å². The number of amides is 1. The van der Waals surface area contributed by atoms with Gasteiger partial charge in [0.25, 0.3) is 0 Å². The maximum absolute atomic E-state index is 11.6. The van der Waals surface area contributed by atoms with Gasteiger partial charge < -0.3 is 14.8 Å². The summed E-state index contributed by atoms with van der Waals surface area (Å²) >= 11 is 0. The number of fused-ring (bicyclic) bond motifs is 1. The van der Waals surface area contributed by atoms with Crippen LogP contribution in [0, 0.1) is 17.8 Å². The van der Waals surface area contributed by atoms with Crippen molar-refractivity contribution in [3.63, 3.8) is 0 Å². The quantitative estimate of drug-likeness (QED) is 0.702. The van der Waals surface area contributed by atoms with Crippen molar-refractivity contribution in [3.8, 4) is 0 Å². The highest BCUT2D eigenvalue weighted by atomic mass is 16.6. The fourth-order valence-electron chi connectivity index (χ4n) is 3.50. The average molecular weight is 225 g/mol. The van der Waals surface area contributed by atoms with Gasteiger partial charge in [0.1, 0.15) is 6.10 Å². The van der Waals surface area contributed by atoms with Crippen molar-refractivity contribution in [1.82, 2.24) is 5.32 Å². The highest BCUT2D eigenvalue weighted by Gasteiger charge is 2.62. The van der Waals surface area contributed by atoms with Gasteiger partial charge in [-0.1, -0.05) is 0 Å². The van der Waals surface area contributed by atoms with E-state index in [2.05, 4.69) is 5.32 Å². The highest BCUT2D eigenvalue weighted by molar-refractivity contribution is 5.79. The average Bonchev–Trinajstić information content (AvgIpc) is 2.79. The first kappa shape index (κ1) is 9.93. The van der Waals surface area contributed by atoms with E-state index in [0.717, 1.165) is 12.8 Å². The lowest BCUT2D eigenvalue weighted by Gasteiger charge is -2.24. The van der Waals surface area contributed by atoms with Crippen molar-refractivity contribution in [2.24, 2.45) is 17.8 Å². The molecule has 1 saturated heterocycles. The molecule has 0 aromatic rings. The largest absolute Gasteiger partial charge is 0.462 e. The summed E-state index contributed by atoms with van der Waals surface area (Å²) in [7, 11) is 0. The molecule has 3 aliphatic rings. The summed E-state index contributed by atoms with van der Waals surface area (Å²) in [5.74, 6) is 0.435. The number of ether oxygens (including phenoxy) is 2. The molecule has 5 atom stereocenters. The predicted octanol–water partition coefficient (Wildman–Crippen LogP) is 0.683. The molecule has 0 spiro atoms. The van der Waals surface area contributed by atoms with E-state index >= 15 is 0 Å². The fraction of sp³-hybridized carbons (Fsp3) is 0.818. The second-order valence-corrected chi connectivity index (χ2v) is 4.79. The number of hydrogen-bond acceptors (Lipinski definition) is 4. The molecule has 16 heavy (non-hydrogen) atoms. The molecule has 2 bridgehead atoms. The summed E-state index contributed by atoms with van der Waals surface area (Å²) in [6.45, 7) is 2.12. The van der Waals surface area contributed by atoms with Crippen LogP contribution in [-0.4, -0.2) is 30.8 Å². The van der Waals surface area contributed by atoms with E-state index in [1.165, 1.54) is 0 Å². The lowest BCUT2D eigenvalue weighted by molar-refractivity contribution is -0.143. The summed E-state index contributed by atoms with van der Waals surface area (Å²) in [6, 6.07) is -0.0738. The van der Waals surface area contributed by atoms with E-state index in [1.54, 1.807) is 6.92 Å². The van der Waals surface area contributed by atoms with Crippen LogP contribution in [0.4, 0.5) is 4.79 Å². The third-order valence-electron chi connectivity index (χ3n) is 4.04. The number of rotatable bonds is 2. The molecular formula is C11H15NO4. The minimum atomic E-state index is -0.420. The van der Waals surface area contributed by atoms with Crippen LogP contribution in [0.5, 0.6) is 0 Å². The monoisotopic (exact) mass is 225 g/mol. The zero-order chi connectivity index (χ0) is 11.3. The Kier molecular flexibility index (Phi) is 2.09.